The fourth-order valence-electron chi connectivity index (χ4n) is 2.88. The van der Waals surface area contributed by atoms with Gasteiger partial charge in [-0.3, -0.25) is 0 Å². The van der Waals surface area contributed by atoms with E-state index in [1.54, 1.807) is 12.1 Å². The van der Waals surface area contributed by atoms with Gasteiger partial charge in [0.05, 0.1) is 6.54 Å². The normalized spacial score (nSPS) is 18.1. The molecule has 2 rings (SSSR count). The predicted octanol–water partition coefficient (Wildman–Crippen LogP) is 4.03. The number of aliphatic imine (C=N–C) groups is 1. The molecule has 4 nitrogen and oxygen atoms in total. The molecule has 0 unspecified atom stereocenters. The van der Waals surface area contributed by atoms with Crippen molar-refractivity contribution < 1.29 is 5.11 Å². The summed E-state index contributed by atoms with van der Waals surface area (Å²) in [5.41, 5.74) is 1.50. The van der Waals surface area contributed by atoms with Crippen molar-refractivity contribution >= 4 is 29.9 Å². The minimum absolute atomic E-state index is 0. The van der Waals surface area contributed by atoms with Crippen LogP contribution in [-0.4, -0.2) is 23.7 Å². The van der Waals surface area contributed by atoms with E-state index in [1.807, 2.05) is 12.1 Å². The number of rotatable bonds is 4. The molecule has 1 aliphatic carbocycles. The van der Waals surface area contributed by atoms with Gasteiger partial charge in [-0.15, -0.1) is 24.0 Å². The number of benzene rings is 1. The minimum atomic E-state index is 0. The summed E-state index contributed by atoms with van der Waals surface area (Å²) < 4.78 is 0. The Balaban J connectivity index is 0.00000264. The summed E-state index contributed by atoms with van der Waals surface area (Å²) in [5, 5.41) is 16.4. The number of halogens is 1. The average molecular weight is 431 g/mol. The van der Waals surface area contributed by atoms with Crippen molar-refractivity contribution in [3.8, 4) is 5.75 Å². The van der Waals surface area contributed by atoms with E-state index in [-0.39, 0.29) is 24.0 Å². The molecule has 5 heteroatoms. The quantitative estimate of drug-likeness (QED) is 0.383. The van der Waals surface area contributed by atoms with E-state index in [4.69, 9.17) is 0 Å². The van der Waals surface area contributed by atoms with Crippen LogP contribution in [0.2, 0.25) is 0 Å². The number of phenols is 1. The lowest BCUT2D eigenvalue weighted by molar-refractivity contribution is 0.216. The summed E-state index contributed by atoms with van der Waals surface area (Å²) in [4.78, 5) is 4.64. The largest absolute Gasteiger partial charge is 0.508 e. The zero-order valence-electron chi connectivity index (χ0n) is 14.4. The van der Waals surface area contributed by atoms with Crippen molar-refractivity contribution in [3.63, 3.8) is 0 Å². The van der Waals surface area contributed by atoms with Gasteiger partial charge in [-0.05, 0) is 55.7 Å². The maximum Gasteiger partial charge on any atom is 0.191 e. The molecule has 0 spiro atoms. The third-order valence-electron chi connectivity index (χ3n) is 4.35. The van der Waals surface area contributed by atoms with Crippen LogP contribution < -0.4 is 10.6 Å². The average Bonchev–Trinajstić information content (AvgIpc) is 2.47. The van der Waals surface area contributed by atoms with Crippen LogP contribution in [0.1, 0.15) is 52.0 Å². The Labute approximate surface area is 157 Å². The molecule has 130 valence electrons. The molecule has 0 bridgehead atoms. The van der Waals surface area contributed by atoms with Crippen molar-refractivity contribution in [1.82, 2.24) is 10.6 Å². The van der Waals surface area contributed by atoms with E-state index in [2.05, 4.69) is 36.4 Å². The van der Waals surface area contributed by atoms with Crippen LogP contribution in [0.4, 0.5) is 0 Å². The third-order valence-corrected chi connectivity index (χ3v) is 4.35. The Morgan fingerprint density at radius 2 is 2.00 bits per heavy atom. The molecular formula is C18H30IN3O. The lowest BCUT2D eigenvalue weighted by Gasteiger charge is -2.35. The molecule has 0 amide bonds. The van der Waals surface area contributed by atoms with Crippen LogP contribution in [0.3, 0.4) is 0 Å². The topological polar surface area (TPSA) is 56.7 Å². The zero-order valence-corrected chi connectivity index (χ0v) is 16.8. The van der Waals surface area contributed by atoms with E-state index in [1.165, 1.54) is 25.7 Å². The maximum absolute atomic E-state index is 9.51. The highest BCUT2D eigenvalue weighted by Crippen LogP contribution is 2.34. The van der Waals surface area contributed by atoms with Gasteiger partial charge in [-0.1, -0.05) is 26.0 Å². The highest BCUT2D eigenvalue weighted by atomic mass is 127. The van der Waals surface area contributed by atoms with E-state index in [9.17, 15) is 5.11 Å². The van der Waals surface area contributed by atoms with E-state index >= 15 is 0 Å². The van der Waals surface area contributed by atoms with Gasteiger partial charge in [0, 0.05) is 12.6 Å². The standard InChI is InChI=1S/C18H29N3O.HI/c1-4-19-17(20-13-14-6-5-7-16(22)12-14)21-15-8-10-18(2,3)11-9-15;/h5-7,12,15,22H,4,8-11,13H2,1-3H3,(H2,19,20,21);1H. The van der Waals surface area contributed by atoms with Crippen molar-refractivity contribution in [1.29, 1.82) is 0 Å². The second-order valence-electron chi connectivity index (χ2n) is 6.95. The van der Waals surface area contributed by atoms with Crippen LogP contribution in [0.15, 0.2) is 29.3 Å². The smallest absolute Gasteiger partial charge is 0.191 e. The molecule has 0 radical (unpaired) electrons. The highest BCUT2D eigenvalue weighted by Gasteiger charge is 2.27. The molecule has 0 heterocycles. The second-order valence-corrected chi connectivity index (χ2v) is 6.95. The summed E-state index contributed by atoms with van der Waals surface area (Å²) in [6.07, 6.45) is 4.92. The Morgan fingerprint density at radius 1 is 1.30 bits per heavy atom. The van der Waals surface area contributed by atoms with Crippen LogP contribution in [-0.2, 0) is 6.54 Å². The van der Waals surface area contributed by atoms with Gasteiger partial charge in [0.1, 0.15) is 5.75 Å². The summed E-state index contributed by atoms with van der Waals surface area (Å²) in [6.45, 7) is 8.20. The summed E-state index contributed by atoms with van der Waals surface area (Å²) >= 11 is 0. The first-order valence-electron chi connectivity index (χ1n) is 8.31. The third kappa shape index (κ3) is 6.97. The predicted molar refractivity (Wildman–Crippen MR) is 108 cm³/mol. The Kier molecular flexibility index (Phi) is 8.16. The van der Waals surface area contributed by atoms with Gasteiger partial charge < -0.3 is 15.7 Å². The monoisotopic (exact) mass is 431 g/mol. The molecule has 0 atom stereocenters. The highest BCUT2D eigenvalue weighted by molar-refractivity contribution is 14.0. The number of aromatic hydroxyl groups is 1. The Morgan fingerprint density at radius 3 is 2.61 bits per heavy atom. The minimum Gasteiger partial charge on any atom is -0.508 e. The molecule has 0 aromatic heterocycles. The van der Waals surface area contributed by atoms with Crippen molar-refractivity contribution in [2.45, 2.75) is 59.0 Å². The lowest BCUT2D eigenvalue weighted by Crippen LogP contribution is -2.45. The summed E-state index contributed by atoms with van der Waals surface area (Å²) in [5.74, 6) is 1.16. The van der Waals surface area contributed by atoms with Crippen LogP contribution in [0, 0.1) is 5.41 Å². The molecule has 1 aromatic carbocycles. The molecule has 1 aliphatic rings. The van der Waals surface area contributed by atoms with Crippen molar-refractivity contribution in [2.75, 3.05) is 6.54 Å². The number of nitrogens with zero attached hydrogens (tertiary/aromatic N) is 1. The molecule has 0 aliphatic heterocycles. The zero-order chi connectivity index (χ0) is 16.0. The van der Waals surface area contributed by atoms with Crippen molar-refractivity contribution in [2.24, 2.45) is 10.4 Å². The van der Waals surface area contributed by atoms with Gasteiger partial charge in [0.25, 0.3) is 0 Å². The molecule has 1 fully saturated rings. The fraction of sp³-hybridized carbons (Fsp3) is 0.611. The number of guanidine groups is 1. The van der Waals surface area contributed by atoms with Gasteiger partial charge in [-0.25, -0.2) is 4.99 Å². The van der Waals surface area contributed by atoms with Crippen LogP contribution in [0.25, 0.3) is 0 Å². The summed E-state index contributed by atoms with van der Waals surface area (Å²) in [6, 6.07) is 7.78. The van der Waals surface area contributed by atoms with Gasteiger partial charge in [0.15, 0.2) is 5.96 Å². The Bertz CT molecular complexity index is 507. The number of hydrogen-bond donors (Lipinski definition) is 3. The number of phenolic OH excluding ortho intramolecular Hbond substituents is 1. The summed E-state index contributed by atoms with van der Waals surface area (Å²) in [7, 11) is 0. The van der Waals surface area contributed by atoms with Crippen molar-refractivity contribution in [3.05, 3.63) is 29.8 Å². The molecule has 1 aromatic rings. The first-order chi connectivity index (χ1) is 10.5. The molecule has 23 heavy (non-hydrogen) atoms. The lowest BCUT2D eigenvalue weighted by atomic mass is 9.75. The van der Waals surface area contributed by atoms with Gasteiger partial charge in [0.2, 0.25) is 0 Å². The fourth-order valence-corrected chi connectivity index (χ4v) is 2.88. The molecule has 0 saturated heterocycles. The SMILES string of the molecule is CCNC(=NCc1cccc(O)c1)NC1CCC(C)(C)CC1.I. The van der Waals surface area contributed by atoms with E-state index in [0.29, 0.717) is 23.8 Å². The molecule has 3 N–H and O–H groups in total. The first-order valence-corrected chi connectivity index (χ1v) is 8.31. The number of nitrogens with one attached hydrogen (secondary N) is 2. The molecular weight excluding hydrogens is 401 g/mol. The van der Waals surface area contributed by atoms with Crippen LogP contribution in [0.5, 0.6) is 5.75 Å². The van der Waals surface area contributed by atoms with Crippen LogP contribution >= 0.6 is 24.0 Å². The van der Waals surface area contributed by atoms with E-state index in [0.717, 1.165) is 18.1 Å². The number of hydrogen-bond acceptors (Lipinski definition) is 2. The molecule has 1 saturated carbocycles. The van der Waals surface area contributed by atoms with E-state index < -0.39 is 0 Å². The van der Waals surface area contributed by atoms with Gasteiger partial charge in [-0.2, -0.15) is 0 Å². The first kappa shape index (κ1) is 20.1. The van der Waals surface area contributed by atoms with Gasteiger partial charge >= 0.3 is 0 Å². The Hall–Kier alpha value is -0.980. The second kappa shape index (κ2) is 9.35. The maximum atomic E-state index is 9.51.